The number of rotatable bonds is 6. The average Bonchev–Trinajstić information content (AvgIpc) is 2.78. The van der Waals surface area contributed by atoms with E-state index in [1.807, 2.05) is 0 Å². The molecule has 1 aliphatic heterocycles. The predicted octanol–water partition coefficient (Wildman–Crippen LogP) is 3.98. The van der Waals surface area contributed by atoms with Gasteiger partial charge in [-0.3, -0.25) is 9.59 Å². The van der Waals surface area contributed by atoms with Crippen molar-refractivity contribution in [3.05, 3.63) is 82.2 Å². The van der Waals surface area contributed by atoms with Crippen LogP contribution in [-0.2, 0) is 16.3 Å². The molecule has 0 saturated heterocycles. The average molecular weight is 484 g/mol. The molecule has 0 unspecified atom stereocenters. The minimum Gasteiger partial charge on any atom is -0.492 e. The third-order valence-electron chi connectivity index (χ3n) is 5.60. The van der Waals surface area contributed by atoms with Gasteiger partial charge in [-0.05, 0) is 48.4 Å². The van der Waals surface area contributed by atoms with Crippen molar-refractivity contribution in [1.29, 1.82) is 0 Å². The van der Waals surface area contributed by atoms with E-state index in [2.05, 4.69) is 0 Å². The molecule has 0 fully saturated rings. The number of amides is 1. The van der Waals surface area contributed by atoms with Crippen molar-refractivity contribution in [2.24, 2.45) is 5.73 Å². The molecule has 0 saturated carbocycles. The van der Waals surface area contributed by atoms with Gasteiger partial charge in [-0.15, -0.1) is 0 Å². The Kier molecular flexibility index (Phi) is 6.14. The van der Waals surface area contributed by atoms with Crippen LogP contribution < -0.4 is 15.2 Å². The van der Waals surface area contributed by atoms with Gasteiger partial charge in [0.2, 0.25) is 5.91 Å². The molecule has 0 radical (unpaired) electrons. The number of halogens is 1. The van der Waals surface area contributed by atoms with Gasteiger partial charge in [0, 0.05) is 30.2 Å². The maximum Gasteiger partial charge on any atom is 0.248 e. The van der Waals surface area contributed by atoms with E-state index in [1.165, 1.54) is 12.1 Å². The largest absolute Gasteiger partial charge is 0.492 e. The minimum absolute atomic E-state index is 0.0118. The Balaban J connectivity index is 1.77. The number of ether oxygens (including phenoxy) is 2. The number of benzene rings is 3. The van der Waals surface area contributed by atoms with E-state index >= 15 is 4.39 Å². The molecular formula is C25H22FNO6S. The van der Waals surface area contributed by atoms with Crippen molar-refractivity contribution in [3.63, 3.8) is 0 Å². The zero-order valence-corrected chi connectivity index (χ0v) is 19.4. The highest BCUT2D eigenvalue weighted by Gasteiger charge is 2.26. The molecular weight excluding hydrogens is 461 g/mol. The third kappa shape index (κ3) is 4.65. The van der Waals surface area contributed by atoms with Crippen LogP contribution in [-0.4, -0.2) is 33.0 Å². The molecule has 7 nitrogen and oxygen atoms in total. The number of nitrogens with two attached hydrogens (primary N) is 1. The Morgan fingerprint density at radius 1 is 1.15 bits per heavy atom. The normalized spacial score (nSPS) is 13.2. The van der Waals surface area contributed by atoms with Gasteiger partial charge in [0.1, 0.15) is 11.5 Å². The lowest BCUT2D eigenvalue weighted by atomic mass is 10.0. The van der Waals surface area contributed by atoms with E-state index in [0.29, 0.717) is 23.1 Å². The Hall–Kier alpha value is -3.72. The summed E-state index contributed by atoms with van der Waals surface area (Å²) in [6, 6.07) is 12.1. The van der Waals surface area contributed by atoms with Gasteiger partial charge >= 0.3 is 0 Å². The molecule has 3 aromatic carbocycles. The summed E-state index contributed by atoms with van der Waals surface area (Å²) in [6.07, 6.45) is 1.55. The SMILES string of the molecule is Cc1c(Oc2cc(S(C)(=O)=O)ccc2Cc2ccc(C(N)=O)cc2)c(F)cc2c1OCCC2=O. The van der Waals surface area contributed by atoms with E-state index < -0.39 is 21.6 Å². The molecule has 4 rings (SSSR count). The van der Waals surface area contributed by atoms with Crippen LogP contribution in [0, 0.1) is 12.7 Å². The van der Waals surface area contributed by atoms with Crippen LogP contribution in [0.3, 0.4) is 0 Å². The number of fused-ring (bicyclic) bond motifs is 1. The lowest BCUT2D eigenvalue weighted by Gasteiger charge is -2.22. The molecule has 176 valence electrons. The van der Waals surface area contributed by atoms with Crippen LogP contribution in [0.1, 0.15) is 43.8 Å². The lowest BCUT2D eigenvalue weighted by molar-refractivity contribution is 0.0930. The summed E-state index contributed by atoms with van der Waals surface area (Å²) in [4.78, 5) is 23.5. The first kappa shape index (κ1) is 23.4. The van der Waals surface area contributed by atoms with Gasteiger partial charge < -0.3 is 15.2 Å². The molecule has 2 N–H and O–H groups in total. The number of sulfone groups is 1. The smallest absolute Gasteiger partial charge is 0.248 e. The summed E-state index contributed by atoms with van der Waals surface area (Å²) in [5.41, 5.74) is 7.51. The van der Waals surface area contributed by atoms with Crippen molar-refractivity contribution in [3.8, 4) is 17.2 Å². The Morgan fingerprint density at radius 3 is 2.50 bits per heavy atom. The second-order valence-electron chi connectivity index (χ2n) is 8.09. The third-order valence-corrected chi connectivity index (χ3v) is 6.71. The fraction of sp³-hybridized carbons (Fsp3) is 0.200. The van der Waals surface area contributed by atoms with Gasteiger partial charge in [0.15, 0.2) is 27.2 Å². The van der Waals surface area contributed by atoms with Gasteiger partial charge in [0.25, 0.3) is 0 Å². The number of hydrogen-bond acceptors (Lipinski definition) is 6. The molecule has 0 aromatic heterocycles. The number of carbonyl (C=O) groups excluding carboxylic acids is 2. The molecule has 0 atom stereocenters. The first-order chi connectivity index (χ1) is 16.0. The second-order valence-corrected chi connectivity index (χ2v) is 10.1. The minimum atomic E-state index is -3.56. The summed E-state index contributed by atoms with van der Waals surface area (Å²) >= 11 is 0. The molecule has 0 bridgehead atoms. The Bertz CT molecular complexity index is 1410. The zero-order valence-electron chi connectivity index (χ0n) is 18.6. The highest BCUT2D eigenvalue weighted by Crippen LogP contribution is 2.40. The van der Waals surface area contributed by atoms with E-state index in [4.69, 9.17) is 15.2 Å². The van der Waals surface area contributed by atoms with Crippen molar-refractivity contribution in [2.75, 3.05) is 12.9 Å². The highest BCUT2D eigenvalue weighted by molar-refractivity contribution is 7.90. The predicted molar refractivity (Wildman–Crippen MR) is 123 cm³/mol. The van der Waals surface area contributed by atoms with E-state index in [9.17, 15) is 18.0 Å². The standard InChI is InChI=1S/C25H22FNO6S/c1-14-23-19(21(28)9-10-32-23)13-20(26)24(14)33-22-12-18(34(2,30)31)8-7-17(22)11-15-3-5-16(6-4-15)25(27)29/h3-8,12-13H,9-11H2,1-2H3,(H2,27,29). The molecule has 9 heteroatoms. The topological polar surface area (TPSA) is 113 Å². The van der Waals surface area contributed by atoms with Crippen molar-refractivity contribution < 1.29 is 31.9 Å². The maximum absolute atomic E-state index is 15.0. The van der Waals surface area contributed by atoms with Crippen LogP contribution in [0.4, 0.5) is 4.39 Å². The maximum atomic E-state index is 15.0. The van der Waals surface area contributed by atoms with Crippen molar-refractivity contribution in [2.45, 2.75) is 24.7 Å². The monoisotopic (exact) mass is 483 g/mol. The fourth-order valence-corrected chi connectivity index (χ4v) is 4.40. The number of primary amides is 1. The van der Waals surface area contributed by atoms with Crippen LogP contribution in [0.25, 0.3) is 0 Å². The molecule has 1 amide bonds. The van der Waals surface area contributed by atoms with Crippen LogP contribution in [0.2, 0.25) is 0 Å². The van der Waals surface area contributed by atoms with Gasteiger partial charge in [-0.2, -0.15) is 0 Å². The molecule has 34 heavy (non-hydrogen) atoms. The molecule has 1 heterocycles. The van der Waals surface area contributed by atoms with Crippen molar-refractivity contribution in [1.82, 2.24) is 0 Å². The summed E-state index contributed by atoms with van der Waals surface area (Å²) in [5, 5.41) is 0. The zero-order chi connectivity index (χ0) is 24.6. The quantitative estimate of drug-likeness (QED) is 0.567. The fourth-order valence-electron chi connectivity index (χ4n) is 3.76. The highest BCUT2D eigenvalue weighted by atomic mass is 32.2. The summed E-state index contributed by atoms with van der Waals surface area (Å²) in [5.74, 6) is -1.26. The van der Waals surface area contributed by atoms with Crippen LogP contribution in [0.5, 0.6) is 17.2 Å². The number of carbonyl (C=O) groups is 2. The lowest BCUT2D eigenvalue weighted by Crippen LogP contribution is -2.17. The van der Waals surface area contributed by atoms with E-state index in [-0.39, 0.29) is 46.5 Å². The second kappa shape index (κ2) is 8.90. The number of hydrogen-bond donors (Lipinski definition) is 1. The number of Topliss-reactive ketones (excluding diaryl/α,β-unsaturated/α-hetero) is 1. The van der Waals surface area contributed by atoms with Crippen LogP contribution >= 0.6 is 0 Å². The first-order valence-electron chi connectivity index (χ1n) is 10.4. The Morgan fingerprint density at radius 2 is 1.85 bits per heavy atom. The summed E-state index contributed by atoms with van der Waals surface area (Å²) in [7, 11) is -3.56. The molecule has 0 spiro atoms. The molecule has 1 aliphatic rings. The van der Waals surface area contributed by atoms with E-state index in [0.717, 1.165) is 17.9 Å². The van der Waals surface area contributed by atoms with Gasteiger partial charge in [-0.1, -0.05) is 18.2 Å². The summed E-state index contributed by atoms with van der Waals surface area (Å²) < 4.78 is 50.8. The Labute approximate surface area is 196 Å². The summed E-state index contributed by atoms with van der Waals surface area (Å²) in [6.45, 7) is 1.77. The molecule has 0 aliphatic carbocycles. The van der Waals surface area contributed by atoms with Gasteiger partial charge in [0.05, 0.1) is 17.1 Å². The first-order valence-corrected chi connectivity index (χ1v) is 12.3. The molecule has 3 aromatic rings. The van der Waals surface area contributed by atoms with Crippen molar-refractivity contribution >= 4 is 21.5 Å². The van der Waals surface area contributed by atoms with Crippen LogP contribution in [0.15, 0.2) is 53.4 Å². The van der Waals surface area contributed by atoms with Gasteiger partial charge in [-0.25, -0.2) is 12.8 Å². The van der Waals surface area contributed by atoms with E-state index in [1.54, 1.807) is 37.3 Å². The number of ketones is 1.